The molecule has 1 aromatic rings. The fraction of sp³-hybridized carbons (Fsp3) is 0.500. The van der Waals surface area contributed by atoms with Crippen LogP contribution in [0.5, 0.6) is 0 Å². The first-order valence-corrected chi connectivity index (χ1v) is 4.16. The molecular formula is C8H11ClN2O. The summed E-state index contributed by atoms with van der Waals surface area (Å²) in [6.45, 7) is 5.74. The molecule has 0 spiro atoms. The lowest BCUT2D eigenvalue weighted by atomic mass is 10.3. The van der Waals surface area contributed by atoms with Gasteiger partial charge in [0, 0.05) is 6.04 Å². The van der Waals surface area contributed by atoms with Crippen LogP contribution in [-0.4, -0.2) is 15.0 Å². The highest BCUT2D eigenvalue weighted by Crippen LogP contribution is 2.12. The van der Waals surface area contributed by atoms with Gasteiger partial charge in [-0.15, -0.1) is 0 Å². The fourth-order valence-corrected chi connectivity index (χ4v) is 1.20. The van der Waals surface area contributed by atoms with E-state index in [1.54, 1.807) is 10.7 Å². The van der Waals surface area contributed by atoms with Gasteiger partial charge in [-0.3, -0.25) is 9.48 Å². The molecule has 0 unspecified atom stereocenters. The van der Waals surface area contributed by atoms with Gasteiger partial charge in [-0.1, -0.05) is 0 Å². The average Bonchev–Trinajstić information content (AvgIpc) is 2.31. The molecule has 0 fully saturated rings. The lowest BCUT2D eigenvalue weighted by molar-refractivity contribution is 0.107. The quantitative estimate of drug-likeness (QED) is 0.664. The minimum Gasteiger partial charge on any atom is -0.274 e. The molecule has 12 heavy (non-hydrogen) atoms. The SMILES string of the molecule is Cc1cc(C(=O)Cl)n(C(C)C)n1. The number of halogens is 1. The predicted octanol–water partition coefficient (Wildman–Crippen LogP) is 2.15. The van der Waals surface area contributed by atoms with Crippen molar-refractivity contribution in [1.29, 1.82) is 0 Å². The van der Waals surface area contributed by atoms with Gasteiger partial charge in [-0.2, -0.15) is 5.10 Å². The van der Waals surface area contributed by atoms with Crippen molar-refractivity contribution < 1.29 is 4.79 Å². The summed E-state index contributed by atoms with van der Waals surface area (Å²) in [5.74, 6) is 0. The van der Waals surface area contributed by atoms with Crippen molar-refractivity contribution in [2.75, 3.05) is 0 Å². The highest BCUT2D eigenvalue weighted by Gasteiger charge is 2.12. The Kier molecular flexibility index (Phi) is 2.52. The van der Waals surface area contributed by atoms with E-state index in [0.29, 0.717) is 5.69 Å². The average molecular weight is 187 g/mol. The van der Waals surface area contributed by atoms with E-state index in [4.69, 9.17) is 11.6 Å². The summed E-state index contributed by atoms with van der Waals surface area (Å²) in [5, 5.41) is 3.69. The van der Waals surface area contributed by atoms with Gasteiger partial charge in [0.25, 0.3) is 5.24 Å². The zero-order valence-corrected chi connectivity index (χ0v) is 8.09. The Hall–Kier alpha value is -0.830. The zero-order chi connectivity index (χ0) is 9.30. The highest BCUT2D eigenvalue weighted by atomic mass is 35.5. The molecule has 0 bridgehead atoms. The molecular weight excluding hydrogens is 176 g/mol. The van der Waals surface area contributed by atoms with Crippen LogP contribution in [0, 0.1) is 6.92 Å². The maximum atomic E-state index is 10.9. The summed E-state index contributed by atoms with van der Waals surface area (Å²) in [6, 6.07) is 1.85. The maximum absolute atomic E-state index is 10.9. The molecule has 0 aliphatic heterocycles. The van der Waals surface area contributed by atoms with E-state index in [-0.39, 0.29) is 6.04 Å². The Bertz CT molecular complexity index is 304. The number of hydrogen-bond donors (Lipinski definition) is 0. The molecule has 1 aromatic heterocycles. The maximum Gasteiger partial charge on any atom is 0.270 e. The Balaban J connectivity index is 3.17. The number of aryl methyl sites for hydroxylation is 1. The summed E-state index contributed by atoms with van der Waals surface area (Å²) in [7, 11) is 0. The second-order valence-corrected chi connectivity index (χ2v) is 3.33. The molecule has 1 rings (SSSR count). The van der Waals surface area contributed by atoms with E-state index in [2.05, 4.69) is 5.10 Å². The van der Waals surface area contributed by atoms with E-state index < -0.39 is 5.24 Å². The number of hydrogen-bond acceptors (Lipinski definition) is 2. The molecule has 66 valence electrons. The molecule has 0 amide bonds. The second kappa shape index (κ2) is 3.27. The van der Waals surface area contributed by atoms with Gasteiger partial charge < -0.3 is 0 Å². The smallest absolute Gasteiger partial charge is 0.270 e. The van der Waals surface area contributed by atoms with Gasteiger partial charge in [0.2, 0.25) is 0 Å². The van der Waals surface area contributed by atoms with Crippen LogP contribution in [0.3, 0.4) is 0 Å². The van der Waals surface area contributed by atoms with Gasteiger partial charge >= 0.3 is 0 Å². The van der Waals surface area contributed by atoms with Crippen LogP contribution in [0.1, 0.15) is 36.1 Å². The minimum atomic E-state index is -0.454. The molecule has 0 aromatic carbocycles. The number of carbonyl (C=O) groups excluding carboxylic acids is 1. The normalized spacial score (nSPS) is 10.8. The first-order chi connectivity index (χ1) is 5.52. The fourth-order valence-electron chi connectivity index (χ4n) is 1.06. The molecule has 4 heteroatoms. The Morgan fingerprint density at radius 1 is 1.67 bits per heavy atom. The second-order valence-electron chi connectivity index (χ2n) is 2.98. The molecule has 1 heterocycles. The largest absolute Gasteiger partial charge is 0.274 e. The molecule has 0 radical (unpaired) electrons. The van der Waals surface area contributed by atoms with Crippen molar-refractivity contribution in [3.63, 3.8) is 0 Å². The summed E-state index contributed by atoms with van der Waals surface area (Å²) in [5.41, 5.74) is 1.27. The van der Waals surface area contributed by atoms with Crippen LogP contribution in [0.2, 0.25) is 0 Å². The first kappa shape index (κ1) is 9.26. The number of rotatable bonds is 2. The molecule has 0 N–H and O–H groups in total. The molecule has 0 saturated carbocycles. The van der Waals surface area contributed by atoms with Gasteiger partial charge in [0.05, 0.1) is 5.69 Å². The van der Waals surface area contributed by atoms with Crippen molar-refractivity contribution in [2.45, 2.75) is 26.8 Å². The number of aromatic nitrogens is 2. The van der Waals surface area contributed by atoms with E-state index in [0.717, 1.165) is 5.69 Å². The van der Waals surface area contributed by atoms with E-state index in [1.807, 2.05) is 20.8 Å². The summed E-state index contributed by atoms with van der Waals surface area (Å²) in [6.07, 6.45) is 0. The summed E-state index contributed by atoms with van der Waals surface area (Å²) >= 11 is 5.37. The Morgan fingerprint density at radius 2 is 2.25 bits per heavy atom. The molecule has 0 atom stereocenters. The van der Waals surface area contributed by atoms with Crippen molar-refractivity contribution >= 4 is 16.8 Å². The molecule has 0 aliphatic carbocycles. The standard InChI is InChI=1S/C8H11ClN2O/c1-5(2)11-7(8(9)12)4-6(3)10-11/h4-5H,1-3H3. The lowest BCUT2D eigenvalue weighted by Gasteiger charge is -2.06. The topological polar surface area (TPSA) is 34.9 Å². The zero-order valence-electron chi connectivity index (χ0n) is 7.34. The van der Waals surface area contributed by atoms with Crippen LogP contribution < -0.4 is 0 Å². The molecule has 3 nitrogen and oxygen atoms in total. The van der Waals surface area contributed by atoms with Crippen LogP contribution >= 0.6 is 11.6 Å². The number of nitrogens with zero attached hydrogens (tertiary/aromatic N) is 2. The Labute approximate surface area is 76.3 Å². The van der Waals surface area contributed by atoms with E-state index in [9.17, 15) is 4.79 Å². The third-order valence-corrected chi connectivity index (χ3v) is 1.74. The van der Waals surface area contributed by atoms with Crippen molar-refractivity contribution in [1.82, 2.24) is 9.78 Å². The summed E-state index contributed by atoms with van der Waals surface area (Å²) in [4.78, 5) is 10.9. The van der Waals surface area contributed by atoms with Crippen molar-refractivity contribution in [3.8, 4) is 0 Å². The monoisotopic (exact) mass is 186 g/mol. The third-order valence-electron chi connectivity index (χ3n) is 1.55. The van der Waals surface area contributed by atoms with Crippen molar-refractivity contribution in [3.05, 3.63) is 17.5 Å². The van der Waals surface area contributed by atoms with Gasteiger partial charge in [-0.05, 0) is 38.4 Å². The minimum absolute atomic E-state index is 0.163. The lowest BCUT2D eigenvalue weighted by Crippen LogP contribution is -2.09. The van der Waals surface area contributed by atoms with Crippen LogP contribution in [-0.2, 0) is 0 Å². The number of carbonyl (C=O) groups is 1. The van der Waals surface area contributed by atoms with Gasteiger partial charge in [0.1, 0.15) is 5.69 Å². The van der Waals surface area contributed by atoms with E-state index in [1.165, 1.54) is 0 Å². The third kappa shape index (κ3) is 1.67. The Morgan fingerprint density at radius 3 is 2.58 bits per heavy atom. The predicted molar refractivity (Wildman–Crippen MR) is 47.5 cm³/mol. The van der Waals surface area contributed by atoms with Gasteiger partial charge in [-0.25, -0.2) is 0 Å². The molecule has 0 aliphatic rings. The highest BCUT2D eigenvalue weighted by molar-refractivity contribution is 6.67. The summed E-state index contributed by atoms with van der Waals surface area (Å²) < 4.78 is 1.63. The van der Waals surface area contributed by atoms with Gasteiger partial charge in [0.15, 0.2) is 0 Å². The van der Waals surface area contributed by atoms with Crippen LogP contribution in [0.4, 0.5) is 0 Å². The first-order valence-electron chi connectivity index (χ1n) is 3.78. The van der Waals surface area contributed by atoms with E-state index >= 15 is 0 Å². The van der Waals surface area contributed by atoms with Crippen molar-refractivity contribution in [2.24, 2.45) is 0 Å². The van der Waals surface area contributed by atoms with Crippen LogP contribution in [0.15, 0.2) is 6.07 Å². The molecule has 0 saturated heterocycles. The van der Waals surface area contributed by atoms with Crippen LogP contribution in [0.25, 0.3) is 0 Å².